The summed E-state index contributed by atoms with van der Waals surface area (Å²) in [5.41, 5.74) is 3.62. The van der Waals surface area contributed by atoms with Gasteiger partial charge in [-0.2, -0.15) is 0 Å². The zero-order chi connectivity index (χ0) is 19.8. The van der Waals surface area contributed by atoms with Crippen LogP contribution >= 0.6 is 11.8 Å². The minimum absolute atomic E-state index is 0.00574. The van der Waals surface area contributed by atoms with E-state index in [0.717, 1.165) is 16.7 Å². The van der Waals surface area contributed by atoms with Crippen LogP contribution in [0, 0.1) is 6.92 Å². The predicted octanol–water partition coefficient (Wildman–Crippen LogP) is 3.45. The van der Waals surface area contributed by atoms with Crippen molar-refractivity contribution in [3.05, 3.63) is 70.8 Å². The molecule has 2 amide bonds. The number of hydrogen-bond donors (Lipinski definition) is 3. The Hall–Kier alpha value is -2.37. The first-order valence-electron chi connectivity index (χ1n) is 8.99. The van der Waals surface area contributed by atoms with Gasteiger partial charge in [-0.15, -0.1) is 0 Å². The van der Waals surface area contributed by atoms with Crippen molar-refractivity contribution in [1.29, 1.82) is 0 Å². The number of hydrogen-bond acceptors (Lipinski definition) is 3. The molecule has 0 fully saturated rings. The van der Waals surface area contributed by atoms with Gasteiger partial charge in [0.25, 0.3) is 5.91 Å². The first kappa shape index (κ1) is 20.9. The molecule has 0 heterocycles. The fourth-order valence-electron chi connectivity index (χ4n) is 2.90. The molecular formula is C21H26ClN3O2. The van der Waals surface area contributed by atoms with Crippen LogP contribution in [0.4, 0.5) is 0 Å². The van der Waals surface area contributed by atoms with E-state index in [0.29, 0.717) is 5.56 Å². The fraction of sp³-hybridized carbons (Fsp3) is 0.333. The summed E-state index contributed by atoms with van der Waals surface area (Å²) in [5.74, 6) is -0.148. The highest BCUT2D eigenvalue weighted by atomic mass is 35.5. The monoisotopic (exact) mass is 387 g/mol. The van der Waals surface area contributed by atoms with Gasteiger partial charge in [0.1, 0.15) is 0 Å². The number of amides is 2. The topological polar surface area (TPSA) is 70.2 Å². The van der Waals surface area contributed by atoms with Crippen LogP contribution in [0.3, 0.4) is 0 Å². The van der Waals surface area contributed by atoms with E-state index in [4.69, 9.17) is 11.8 Å². The summed E-state index contributed by atoms with van der Waals surface area (Å²) in [6, 6.07) is 15.1. The van der Waals surface area contributed by atoms with Crippen molar-refractivity contribution in [2.75, 3.05) is 13.1 Å². The minimum Gasteiger partial charge on any atom is -0.350 e. The van der Waals surface area contributed by atoms with E-state index in [9.17, 15) is 9.59 Å². The second-order valence-electron chi connectivity index (χ2n) is 6.80. The molecule has 6 heteroatoms. The maximum atomic E-state index is 12.8. The van der Waals surface area contributed by atoms with Crippen molar-refractivity contribution in [3.63, 3.8) is 0 Å². The Kier molecular flexibility index (Phi) is 7.82. The molecule has 144 valence electrons. The molecule has 0 aromatic heterocycles. The van der Waals surface area contributed by atoms with Gasteiger partial charge in [-0.1, -0.05) is 61.9 Å². The Balaban J connectivity index is 2.16. The summed E-state index contributed by atoms with van der Waals surface area (Å²) in [5, 5.41) is 5.85. The zero-order valence-electron chi connectivity index (χ0n) is 15.9. The molecule has 0 aliphatic carbocycles. The number of aryl methyl sites for hydroxylation is 1. The third-order valence-electron chi connectivity index (χ3n) is 4.31. The van der Waals surface area contributed by atoms with Crippen LogP contribution in [-0.4, -0.2) is 24.9 Å². The van der Waals surface area contributed by atoms with Crippen molar-refractivity contribution < 1.29 is 9.59 Å². The van der Waals surface area contributed by atoms with Crippen LogP contribution < -0.4 is 15.5 Å². The number of rotatable bonds is 8. The van der Waals surface area contributed by atoms with Gasteiger partial charge < -0.3 is 10.6 Å². The van der Waals surface area contributed by atoms with Gasteiger partial charge in [0.05, 0.1) is 12.6 Å². The molecule has 0 bridgehead atoms. The van der Waals surface area contributed by atoms with Gasteiger partial charge in [-0.25, -0.2) is 4.84 Å². The van der Waals surface area contributed by atoms with Crippen LogP contribution in [0.1, 0.15) is 52.9 Å². The van der Waals surface area contributed by atoms with Crippen LogP contribution in [0.5, 0.6) is 0 Å². The van der Waals surface area contributed by atoms with E-state index in [1.165, 1.54) is 0 Å². The van der Waals surface area contributed by atoms with Crippen LogP contribution in [0.25, 0.3) is 0 Å². The van der Waals surface area contributed by atoms with Crippen LogP contribution in [0.2, 0.25) is 0 Å². The van der Waals surface area contributed by atoms with Crippen molar-refractivity contribution in [2.45, 2.75) is 32.7 Å². The minimum atomic E-state index is -0.347. The Morgan fingerprint density at radius 3 is 2.41 bits per heavy atom. The molecule has 0 spiro atoms. The van der Waals surface area contributed by atoms with E-state index in [1.807, 2.05) is 55.5 Å². The molecule has 0 radical (unpaired) electrons. The normalized spacial score (nSPS) is 11.9. The molecule has 0 saturated heterocycles. The van der Waals surface area contributed by atoms with Gasteiger partial charge in [0, 0.05) is 12.1 Å². The Morgan fingerprint density at radius 2 is 1.78 bits per heavy atom. The highest BCUT2D eigenvalue weighted by molar-refractivity contribution is 6.14. The third kappa shape index (κ3) is 6.08. The summed E-state index contributed by atoms with van der Waals surface area (Å²) >= 11 is 5.41. The largest absolute Gasteiger partial charge is 0.350 e. The van der Waals surface area contributed by atoms with Crippen molar-refractivity contribution >= 4 is 23.6 Å². The third-order valence-corrected chi connectivity index (χ3v) is 4.44. The molecule has 0 aliphatic heterocycles. The Bertz CT molecular complexity index is 778. The fourth-order valence-corrected chi connectivity index (χ4v) is 3.03. The summed E-state index contributed by atoms with van der Waals surface area (Å²) in [6.07, 6.45) is 0. The SMILES string of the molecule is Cc1ccc(C(C)C)c(C(=O)NC[C@@H](NC(=O)CNCl)c2ccccc2)c1. The molecule has 3 N–H and O–H groups in total. The highest BCUT2D eigenvalue weighted by Gasteiger charge is 2.18. The zero-order valence-corrected chi connectivity index (χ0v) is 16.6. The lowest BCUT2D eigenvalue weighted by Gasteiger charge is -2.21. The van der Waals surface area contributed by atoms with E-state index in [1.54, 1.807) is 0 Å². The van der Waals surface area contributed by atoms with Gasteiger partial charge in [0.2, 0.25) is 5.91 Å². The molecule has 0 saturated carbocycles. The number of halogens is 1. The quantitative estimate of drug-likeness (QED) is 0.607. The molecule has 1 atom stereocenters. The van der Waals surface area contributed by atoms with Crippen molar-refractivity contribution in [3.8, 4) is 0 Å². The summed E-state index contributed by atoms with van der Waals surface area (Å²) in [7, 11) is 0. The number of carbonyl (C=O) groups is 2. The van der Waals surface area contributed by atoms with E-state index >= 15 is 0 Å². The molecule has 2 aromatic carbocycles. The maximum absolute atomic E-state index is 12.8. The lowest BCUT2D eigenvalue weighted by molar-refractivity contribution is -0.120. The first-order chi connectivity index (χ1) is 12.9. The standard InChI is InChI=1S/C21H26ClN3O2/c1-14(2)17-10-9-15(3)11-18(17)21(27)23-12-19(25-20(26)13-24-22)16-7-5-4-6-8-16/h4-11,14,19,24H,12-13H2,1-3H3,(H,23,27)(H,25,26)/t19-/m1/s1. The molecule has 0 unspecified atom stereocenters. The Labute approximate surface area is 165 Å². The van der Waals surface area contributed by atoms with Gasteiger partial charge in [-0.05, 0) is 41.8 Å². The summed E-state index contributed by atoms with van der Waals surface area (Å²) in [4.78, 5) is 27.1. The second-order valence-corrected chi connectivity index (χ2v) is 7.06. The molecule has 2 rings (SSSR count). The van der Waals surface area contributed by atoms with Crippen molar-refractivity contribution in [1.82, 2.24) is 15.5 Å². The van der Waals surface area contributed by atoms with E-state index in [-0.39, 0.29) is 36.9 Å². The molecular weight excluding hydrogens is 362 g/mol. The lowest BCUT2D eigenvalue weighted by atomic mass is 9.95. The molecule has 27 heavy (non-hydrogen) atoms. The summed E-state index contributed by atoms with van der Waals surface area (Å²) < 4.78 is 0. The average molecular weight is 388 g/mol. The van der Waals surface area contributed by atoms with E-state index < -0.39 is 0 Å². The number of carbonyl (C=O) groups excluding carboxylic acids is 2. The Morgan fingerprint density at radius 1 is 1.07 bits per heavy atom. The smallest absolute Gasteiger partial charge is 0.251 e. The molecule has 0 aliphatic rings. The van der Waals surface area contributed by atoms with Gasteiger partial charge >= 0.3 is 0 Å². The van der Waals surface area contributed by atoms with Crippen LogP contribution in [0.15, 0.2) is 48.5 Å². The molecule has 5 nitrogen and oxygen atoms in total. The maximum Gasteiger partial charge on any atom is 0.251 e. The number of benzene rings is 2. The molecule has 2 aromatic rings. The first-order valence-corrected chi connectivity index (χ1v) is 9.36. The van der Waals surface area contributed by atoms with E-state index in [2.05, 4.69) is 29.3 Å². The van der Waals surface area contributed by atoms with Gasteiger partial charge in [-0.3, -0.25) is 9.59 Å². The van der Waals surface area contributed by atoms with Crippen LogP contribution in [-0.2, 0) is 4.79 Å². The summed E-state index contributed by atoms with van der Waals surface area (Å²) in [6.45, 7) is 6.37. The number of nitrogens with one attached hydrogen (secondary N) is 3. The predicted molar refractivity (Wildman–Crippen MR) is 109 cm³/mol. The lowest BCUT2D eigenvalue weighted by Crippen LogP contribution is -2.40. The van der Waals surface area contributed by atoms with Crippen molar-refractivity contribution in [2.24, 2.45) is 0 Å². The van der Waals surface area contributed by atoms with Gasteiger partial charge in [0.15, 0.2) is 0 Å². The average Bonchev–Trinajstić information content (AvgIpc) is 2.65. The highest BCUT2D eigenvalue weighted by Crippen LogP contribution is 2.21. The second kappa shape index (κ2) is 10.1.